The molecule has 0 bridgehead atoms. The summed E-state index contributed by atoms with van der Waals surface area (Å²) in [5.41, 5.74) is 1.41. The first-order valence-electron chi connectivity index (χ1n) is 8.56. The molecule has 0 atom stereocenters. The maximum Gasteiger partial charge on any atom is 0.267 e. The van der Waals surface area contributed by atoms with Crippen molar-refractivity contribution in [2.24, 2.45) is 0 Å². The normalized spacial score (nSPS) is 14.2. The average molecular weight is 333 g/mol. The second kappa shape index (κ2) is 6.51. The summed E-state index contributed by atoms with van der Waals surface area (Å²) in [6, 6.07) is 17.3. The van der Waals surface area contributed by atoms with Gasteiger partial charge in [0.1, 0.15) is 6.54 Å². The summed E-state index contributed by atoms with van der Waals surface area (Å²) in [5, 5.41) is 6.66. The molecule has 126 valence electrons. The van der Waals surface area contributed by atoms with Crippen molar-refractivity contribution in [3.05, 3.63) is 65.0 Å². The molecule has 0 radical (unpaired) electrons. The van der Waals surface area contributed by atoms with Gasteiger partial charge in [-0.15, -0.1) is 0 Å². The average Bonchev–Trinajstić information content (AvgIpc) is 3.18. The highest BCUT2D eigenvalue weighted by atomic mass is 16.2. The third-order valence-electron chi connectivity index (χ3n) is 4.68. The van der Waals surface area contributed by atoms with Gasteiger partial charge < -0.3 is 4.90 Å². The fraction of sp³-hybridized carbons (Fsp3) is 0.250. The molecule has 25 heavy (non-hydrogen) atoms. The molecule has 3 aromatic rings. The van der Waals surface area contributed by atoms with Crippen molar-refractivity contribution in [3.8, 4) is 11.3 Å². The van der Waals surface area contributed by atoms with E-state index in [-0.39, 0.29) is 18.0 Å². The molecule has 1 aliphatic rings. The first kappa shape index (κ1) is 15.6. The maximum atomic E-state index is 12.4. The van der Waals surface area contributed by atoms with Crippen LogP contribution < -0.4 is 5.56 Å². The minimum Gasteiger partial charge on any atom is -0.341 e. The smallest absolute Gasteiger partial charge is 0.267 e. The number of nitrogens with zero attached hydrogens (tertiary/aromatic N) is 3. The van der Waals surface area contributed by atoms with Crippen molar-refractivity contribution in [2.75, 3.05) is 13.1 Å². The van der Waals surface area contributed by atoms with Crippen LogP contribution in [0.1, 0.15) is 12.8 Å². The quantitative estimate of drug-likeness (QED) is 0.740. The van der Waals surface area contributed by atoms with E-state index in [1.165, 1.54) is 10.7 Å². The minimum atomic E-state index is -0.253. The Morgan fingerprint density at radius 3 is 2.56 bits per heavy atom. The summed E-state index contributed by atoms with van der Waals surface area (Å²) in [6.45, 7) is 1.55. The van der Waals surface area contributed by atoms with E-state index >= 15 is 0 Å². The van der Waals surface area contributed by atoms with E-state index in [1.54, 1.807) is 11.0 Å². The molecule has 0 N–H and O–H groups in total. The number of rotatable bonds is 3. The number of likely N-dealkylation sites (tertiary alicyclic amines) is 1. The van der Waals surface area contributed by atoms with Gasteiger partial charge in [0.15, 0.2) is 0 Å². The molecule has 5 heteroatoms. The molecular formula is C20H19N3O2. The van der Waals surface area contributed by atoms with Gasteiger partial charge in [0.2, 0.25) is 5.91 Å². The van der Waals surface area contributed by atoms with E-state index in [0.717, 1.165) is 42.3 Å². The Hall–Kier alpha value is -2.95. The van der Waals surface area contributed by atoms with E-state index in [0.29, 0.717) is 5.69 Å². The molecule has 2 aromatic carbocycles. The second-order valence-electron chi connectivity index (χ2n) is 6.33. The molecule has 4 rings (SSSR count). The lowest BCUT2D eigenvalue weighted by molar-refractivity contribution is -0.131. The van der Waals surface area contributed by atoms with Crippen molar-refractivity contribution in [2.45, 2.75) is 19.4 Å². The number of benzene rings is 2. The Morgan fingerprint density at radius 1 is 0.960 bits per heavy atom. The van der Waals surface area contributed by atoms with Crippen molar-refractivity contribution < 1.29 is 4.79 Å². The lowest BCUT2D eigenvalue weighted by Gasteiger charge is -2.16. The first-order chi connectivity index (χ1) is 12.2. The Morgan fingerprint density at radius 2 is 1.72 bits per heavy atom. The molecule has 0 unspecified atom stereocenters. The van der Waals surface area contributed by atoms with Crippen LogP contribution in [0.25, 0.3) is 22.0 Å². The second-order valence-corrected chi connectivity index (χ2v) is 6.33. The van der Waals surface area contributed by atoms with Crippen LogP contribution in [0.4, 0.5) is 0 Å². The number of hydrogen-bond acceptors (Lipinski definition) is 3. The topological polar surface area (TPSA) is 55.2 Å². The molecule has 5 nitrogen and oxygen atoms in total. The fourth-order valence-electron chi connectivity index (χ4n) is 3.35. The Kier molecular flexibility index (Phi) is 4.06. The first-order valence-corrected chi connectivity index (χ1v) is 8.56. The zero-order valence-electron chi connectivity index (χ0n) is 13.9. The van der Waals surface area contributed by atoms with Gasteiger partial charge in [0, 0.05) is 24.7 Å². The zero-order chi connectivity index (χ0) is 17.2. The maximum absolute atomic E-state index is 12.4. The summed E-state index contributed by atoms with van der Waals surface area (Å²) in [7, 11) is 0. The van der Waals surface area contributed by atoms with Crippen LogP contribution >= 0.6 is 0 Å². The van der Waals surface area contributed by atoms with Crippen molar-refractivity contribution in [3.63, 3.8) is 0 Å². The van der Waals surface area contributed by atoms with Gasteiger partial charge in [-0.3, -0.25) is 9.59 Å². The molecule has 0 spiro atoms. The van der Waals surface area contributed by atoms with E-state index in [9.17, 15) is 9.59 Å². The van der Waals surface area contributed by atoms with Crippen molar-refractivity contribution >= 4 is 16.7 Å². The van der Waals surface area contributed by atoms with Crippen LogP contribution in [0.15, 0.2) is 59.4 Å². The van der Waals surface area contributed by atoms with Crippen LogP contribution in [0.2, 0.25) is 0 Å². The number of carbonyl (C=O) groups excluding carboxylic acids is 1. The van der Waals surface area contributed by atoms with Crippen molar-refractivity contribution in [1.82, 2.24) is 14.7 Å². The highest BCUT2D eigenvalue weighted by Crippen LogP contribution is 2.26. The number of aromatic nitrogens is 2. The van der Waals surface area contributed by atoms with Crippen LogP contribution in [0, 0.1) is 0 Å². The number of carbonyl (C=O) groups is 1. The van der Waals surface area contributed by atoms with Crippen LogP contribution in [-0.4, -0.2) is 33.7 Å². The lowest BCUT2D eigenvalue weighted by atomic mass is 10.0. The van der Waals surface area contributed by atoms with Gasteiger partial charge in [0.25, 0.3) is 5.56 Å². The van der Waals surface area contributed by atoms with E-state index < -0.39 is 0 Å². The summed E-state index contributed by atoms with van der Waals surface area (Å²) in [6.07, 6.45) is 2.06. The highest BCUT2D eigenvalue weighted by molar-refractivity contribution is 5.95. The molecule has 1 aliphatic heterocycles. The van der Waals surface area contributed by atoms with Gasteiger partial charge in [-0.25, -0.2) is 4.68 Å². The summed E-state index contributed by atoms with van der Waals surface area (Å²) in [5.74, 6) is -0.0397. The Bertz CT molecular complexity index is 982. The standard InChI is InChI=1S/C20H19N3O2/c24-19-11-10-18(17-9-5-7-15-6-1-2-8-16(15)17)21-23(19)14-20(25)22-12-3-4-13-22/h1-2,5-11H,3-4,12-14H2. The summed E-state index contributed by atoms with van der Waals surface area (Å²) >= 11 is 0. The van der Waals surface area contributed by atoms with E-state index in [2.05, 4.69) is 5.10 Å². The largest absolute Gasteiger partial charge is 0.341 e. The van der Waals surface area contributed by atoms with Gasteiger partial charge >= 0.3 is 0 Å². The van der Waals surface area contributed by atoms with Crippen molar-refractivity contribution in [1.29, 1.82) is 0 Å². The molecule has 1 aromatic heterocycles. The summed E-state index contributed by atoms with van der Waals surface area (Å²) < 4.78 is 1.28. The zero-order valence-corrected chi connectivity index (χ0v) is 13.9. The van der Waals surface area contributed by atoms with Crippen LogP contribution in [-0.2, 0) is 11.3 Å². The molecule has 1 amide bonds. The highest BCUT2D eigenvalue weighted by Gasteiger charge is 2.19. The summed E-state index contributed by atoms with van der Waals surface area (Å²) in [4.78, 5) is 26.3. The minimum absolute atomic E-state index is 0.00254. The third-order valence-corrected chi connectivity index (χ3v) is 4.68. The molecule has 0 saturated carbocycles. The monoisotopic (exact) mass is 333 g/mol. The molecule has 0 aliphatic carbocycles. The predicted molar refractivity (Wildman–Crippen MR) is 97.3 cm³/mol. The van der Waals surface area contributed by atoms with Gasteiger partial charge in [-0.2, -0.15) is 5.10 Å². The van der Waals surface area contributed by atoms with Crippen LogP contribution in [0.3, 0.4) is 0 Å². The molecule has 1 saturated heterocycles. The number of amides is 1. The Balaban J connectivity index is 1.71. The Labute approximate surface area is 145 Å². The van der Waals surface area contributed by atoms with Gasteiger partial charge in [-0.05, 0) is 29.7 Å². The number of hydrogen-bond donors (Lipinski definition) is 0. The fourth-order valence-corrected chi connectivity index (χ4v) is 3.35. The molecule has 1 fully saturated rings. The molecular weight excluding hydrogens is 314 g/mol. The predicted octanol–water partition coefficient (Wildman–Crippen LogP) is 2.69. The third kappa shape index (κ3) is 3.05. The lowest BCUT2D eigenvalue weighted by Crippen LogP contribution is -2.35. The van der Waals surface area contributed by atoms with Gasteiger partial charge in [-0.1, -0.05) is 42.5 Å². The van der Waals surface area contributed by atoms with Crippen LogP contribution in [0.5, 0.6) is 0 Å². The van der Waals surface area contributed by atoms with E-state index in [4.69, 9.17) is 0 Å². The molecule has 2 heterocycles. The SMILES string of the molecule is O=C(Cn1nc(-c2cccc3ccccc23)ccc1=O)N1CCCC1. The van der Waals surface area contributed by atoms with E-state index in [1.807, 2.05) is 42.5 Å². The number of fused-ring (bicyclic) bond motifs is 1. The van der Waals surface area contributed by atoms with Gasteiger partial charge in [0.05, 0.1) is 5.69 Å².